The number of benzene rings is 2. The summed E-state index contributed by atoms with van der Waals surface area (Å²) in [5.41, 5.74) is 0.892. The van der Waals surface area contributed by atoms with Crippen LogP contribution in [-0.4, -0.2) is 34.7 Å². The molecule has 168 valence electrons. The normalized spacial score (nSPS) is 13.6. The molecule has 33 heavy (non-hydrogen) atoms. The van der Waals surface area contributed by atoms with Gasteiger partial charge >= 0.3 is 5.97 Å². The number of nitrogens with zero attached hydrogens (tertiary/aromatic N) is 1. The van der Waals surface area contributed by atoms with Crippen molar-refractivity contribution < 1.29 is 32.7 Å². The molecule has 1 aromatic heterocycles. The zero-order valence-electron chi connectivity index (χ0n) is 17.8. The van der Waals surface area contributed by atoms with Crippen LogP contribution < -0.4 is 5.32 Å². The van der Waals surface area contributed by atoms with Crippen molar-refractivity contribution in [2.75, 3.05) is 5.32 Å². The number of furan rings is 1. The zero-order chi connectivity index (χ0) is 23.7. The van der Waals surface area contributed by atoms with E-state index in [0.717, 1.165) is 4.90 Å². The third kappa shape index (κ3) is 4.38. The van der Waals surface area contributed by atoms with Crippen LogP contribution in [0.15, 0.2) is 59.2 Å². The average Bonchev–Trinajstić information content (AvgIpc) is 3.39. The quantitative estimate of drug-likeness (QED) is 0.453. The molecule has 0 fully saturated rings. The number of hydrogen-bond acceptors (Lipinski definition) is 6. The number of hydrogen-bond donors (Lipinski definition) is 1. The molecule has 8 nitrogen and oxygen atoms in total. The molecule has 1 N–H and O–H groups in total. The first-order valence-corrected chi connectivity index (χ1v) is 10.0. The highest BCUT2D eigenvalue weighted by molar-refractivity contribution is 6.21. The number of carbonyl (C=O) groups excluding carboxylic acids is 4. The lowest BCUT2D eigenvalue weighted by molar-refractivity contribution is -0.123. The van der Waals surface area contributed by atoms with Gasteiger partial charge in [-0.15, -0.1) is 0 Å². The maximum absolute atomic E-state index is 13.7. The first kappa shape index (κ1) is 21.9. The van der Waals surface area contributed by atoms with Crippen LogP contribution in [0.3, 0.4) is 0 Å². The Morgan fingerprint density at radius 3 is 2.55 bits per heavy atom. The van der Waals surface area contributed by atoms with Gasteiger partial charge in [-0.25, -0.2) is 9.18 Å². The van der Waals surface area contributed by atoms with E-state index in [1.807, 2.05) is 0 Å². The van der Waals surface area contributed by atoms with Gasteiger partial charge in [-0.1, -0.05) is 6.07 Å². The minimum atomic E-state index is -1.19. The first-order valence-electron chi connectivity index (χ1n) is 10.0. The van der Waals surface area contributed by atoms with Gasteiger partial charge < -0.3 is 14.5 Å². The standard InChI is InChI=1S/C24H19FN2O6/c1-13-5-7-16(11-20(13)25)26-21(28)14(2)33-24(31)15-6-8-18-19(10-15)23(30)27(22(18)29)12-17-4-3-9-32-17/h3-11,14H,12H2,1-2H3,(H,26,28). The predicted octanol–water partition coefficient (Wildman–Crippen LogP) is 3.71. The summed E-state index contributed by atoms with van der Waals surface area (Å²) in [6.07, 6.45) is 0.247. The molecule has 0 spiro atoms. The van der Waals surface area contributed by atoms with E-state index in [1.54, 1.807) is 19.1 Å². The molecule has 3 amide bonds. The number of fused-ring (bicyclic) bond motifs is 1. The Morgan fingerprint density at radius 2 is 1.85 bits per heavy atom. The molecule has 2 heterocycles. The van der Waals surface area contributed by atoms with Crippen molar-refractivity contribution in [1.82, 2.24) is 4.90 Å². The van der Waals surface area contributed by atoms with E-state index in [-0.39, 0.29) is 28.9 Å². The Hall–Kier alpha value is -4.27. The average molecular weight is 450 g/mol. The molecule has 0 aliphatic carbocycles. The smallest absolute Gasteiger partial charge is 0.338 e. The second-order valence-corrected chi connectivity index (χ2v) is 7.54. The minimum Gasteiger partial charge on any atom is -0.467 e. The molecule has 3 aromatic rings. The molecule has 1 atom stereocenters. The zero-order valence-corrected chi connectivity index (χ0v) is 17.8. The molecule has 0 saturated carbocycles. The molecule has 0 radical (unpaired) electrons. The highest BCUT2D eigenvalue weighted by Crippen LogP contribution is 2.26. The van der Waals surface area contributed by atoms with Gasteiger partial charge in [-0.3, -0.25) is 19.3 Å². The summed E-state index contributed by atoms with van der Waals surface area (Å²) in [6.45, 7) is 2.93. The van der Waals surface area contributed by atoms with Crippen molar-refractivity contribution in [2.24, 2.45) is 0 Å². The predicted molar refractivity (Wildman–Crippen MR) is 114 cm³/mol. The highest BCUT2D eigenvalue weighted by atomic mass is 19.1. The maximum Gasteiger partial charge on any atom is 0.338 e. The molecule has 2 aromatic carbocycles. The Balaban J connectivity index is 1.44. The van der Waals surface area contributed by atoms with Crippen molar-refractivity contribution in [1.29, 1.82) is 0 Å². The van der Waals surface area contributed by atoms with Gasteiger partial charge in [0.2, 0.25) is 0 Å². The van der Waals surface area contributed by atoms with E-state index in [1.165, 1.54) is 49.6 Å². The second kappa shape index (κ2) is 8.70. The first-order chi connectivity index (χ1) is 15.7. The van der Waals surface area contributed by atoms with Gasteiger partial charge in [0.15, 0.2) is 6.10 Å². The molecular weight excluding hydrogens is 431 g/mol. The van der Waals surface area contributed by atoms with Crippen LogP contribution in [0.25, 0.3) is 0 Å². The van der Waals surface area contributed by atoms with Crippen molar-refractivity contribution in [2.45, 2.75) is 26.5 Å². The Kier molecular flexibility index (Phi) is 5.78. The summed E-state index contributed by atoms with van der Waals surface area (Å²) in [5, 5.41) is 2.48. The van der Waals surface area contributed by atoms with Crippen LogP contribution in [0, 0.1) is 12.7 Å². The van der Waals surface area contributed by atoms with Gasteiger partial charge in [0.25, 0.3) is 17.7 Å². The number of imide groups is 1. The molecule has 4 rings (SSSR count). The van der Waals surface area contributed by atoms with Crippen molar-refractivity contribution in [3.63, 3.8) is 0 Å². The summed E-state index contributed by atoms with van der Waals surface area (Å²) < 4.78 is 24.1. The Morgan fingerprint density at radius 1 is 1.09 bits per heavy atom. The van der Waals surface area contributed by atoms with Crippen LogP contribution in [0.5, 0.6) is 0 Å². The maximum atomic E-state index is 13.7. The molecule has 1 aliphatic heterocycles. The number of aryl methyl sites for hydroxylation is 1. The second-order valence-electron chi connectivity index (χ2n) is 7.54. The number of carbonyl (C=O) groups is 4. The highest BCUT2D eigenvalue weighted by Gasteiger charge is 2.36. The number of anilines is 1. The molecule has 0 saturated heterocycles. The summed E-state index contributed by atoms with van der Waals surface area (Å²) in [6, 6.07) is 11.5. The van der Waals surface area contributed by atoms with E-state index < -0.39 is 35.6 Å². The fourth-order valence-electron chi connectivity index (χ4n) is 3.32. The van der Waals surface area contributed by atoms with Gasteiger partial charge in [0.1, 0.15) is 11.6 Å². The number of halogens is 1. The fourth-order valence-corrected chi connectivity index (χ4v) is 3.32. The molecule has 1 aliphatic rings. The third-order valence-corrected chi connectivity index (χ3v) is 5.19. The van der Waals surface area contributed by atoms with Crippen LogP contribution >= 0.6 is 0 Å². The largest absolute Gasteiger partial charge is 0.467 e. The van der Waals surface area contributed by atoms with E-state index in [9.17, 15) is 23.6 Å². The van der Waals surface area contributed by atoms with Gasteiger partial charge in [-0.05, 0) is 61.9 Å². The lowest BCUT2D eigenvalue weighted by atomic mass is 10.1. The number of nitrogens with one attached hydrogen (secondary N) is 1. The van der Waals surface area contributed by atoms with Gasteiger partial charge in [0, 0.05) is 5.69 Å². The van der Waals surface area contributed by atoms with Crippen LogP contribution in [-0.2, 0) is 16.1 Å². The number of amides is 3. The molecule has 9 heteroatoms. The Labute approximate surface area is 187 Å². The summed E-state index contributed by atoms with van der Waals surface area (Å²) in [4.78, 5) is 51.2. The number of esters is 1. The fraction of sp³-hybridized carbons (Fsp3) is 0.167. The summed E-state index contributed by atoms with van der Waals surface area (Å²) in [7, 11) is 0. The lowest BCUT2D eigenvalue weighted by Crippen LogP contribution is -2.30. The number of rotatable bonds is 6. The van der Waals surface area contributed by atoms with Crippen LogP contribution in [0.1, 0.15) is 49.3 Å². The molecule has 0 bridgehead atoms. The van der Waals surface area contributed by atoms with Gasteiger partial charge in [0.05, 0.1) is 29.5 Å². The van der Waals surface area contributed by atoms with Crippen LogP contribution in [0.2, 0.25) is 0 Å². The summed E-state index contributed by atoms with van der Waals surface area (Å²) >= 11 is 0. The lowest BCUT2D eigenvalue weighted by Gasteiger charge is -2.14. The van der Waals surface area contributed by atoms with Gasteiger partial charge in [-0.2, -0.15) is 0 Å². The van der Waals surface area contributed by atoms with E-state index >= 15 is 0 Å². The Bertz CT molecular complexity index is 1270. The molecule has 1 unspecified atom stereocenters. The van der Waals surface area contributed by atoms with Crippen molar-refractivity contribution in [3.05, 3.63) is 88.6 Å². The van der Waals surface area contributed by atoms with Crippen molar-refractivity contribution >= 4 is 29.4 Å². The monoisotopic (exact) mass is 450 g/mol. The summed E-state index contributed by atoms with van der Waals surface area (Å²) in [5.74, 6) is -2.59. The van der Waals surface area contributed by atoms with E-state index in [0.29, 0.717) is 11.3 Å². The van der Waals surface area contributed by atoms with E-state index in [2.05, 4.69) is 5.32 Å². The molecular formula is C24H19FN2O6. The van der Waals surface area contributed by atoms with Crippen molar-refractivity contribution in [3.8, 4) is 0 Å². The minimum absolute atomic E-state index is 0.00998. The van der Waals surface area contributed by atoms with E-state index in [4.69, 9.17) is 9.15 Å². The van der Waals surface area contributed by atoms with Crippen LogP contribution in [0.4, 0.5) is 10.1 Å². The SMILES string of the molecule is Cc1ccc(NC(=O)C(C)OC(=O)c2ccc3c(c2)C(=O)N(Cc2ccco2)C3=O)cc1F. The third-order valence-electron chi connectivity index (χ3n) is 5.19. The topological polar surface area (TPSA) is 106 Å². The number of ether oxygens (including phenoxy) is 1.